The molecule has 198 valence electrons. The van der Waals surface area contributed by atoms with Gasteiger partial charge in [-0.1, -0.05) is 25.1 Å². The molecule has 0 radical (unpaired) electrons. The number of ether oxygens (including phenoxy) is 2. The number of phenols is 1. The van der Waals surface area contributed by atoms with E-state index in [1.807, 2.05) is 19.1 Å². The lowest BCUT2D eigenvalue weighted by atomic mass is 9.99. The van der Waals surface area contributed by atoms with Gasteiger partial charge < -0.3 is 19.7 Å². The summed E-state index contributed by atoms with van der Waals surface area (Å²) in [6.45, 7) is 3.32. The third-order valence-electron chi connectivity index (χ3n) is 6.07. The van der Waals surface area contributed by atoms with Gasteiger partial charge in [-0.25, -0.2) is 8.42 Å². The highest BCUT2D eigenvalue weighted by molar-refractivity contribution is 7.90. The van der Waals surface area contributed by atoms with Gasteiger partial charge >= 0.3 is 5.97 Å². The maximum absolute atomic E-state index is 11.9. The van der Waals surface area contributed by atoms with Crippen LogP contribution in [0.5, 0.6) is 23.0 Å². The van der Waals surface area contributed by atoms with Crippen LogP contribution in [0.4, 0.5) is 0 Å². The van der Waals surface area contributed by atoms with Crippen molar-refractivity contribution in [3.8, 4) is 34.1 Å². The molecule has 4 aromatic carbocycles. The Morgan fingerprint density at radius 3 is 2.24 bits per heavy atom. The van der Waals surface area contributed by atoms with E-state index in [0.29, 0.717) is 36.9 Å². The van der Waals surface area contributed by atoms with Crippen LogP contribution in [0.25, 0.3) is 21.9 Å². The van der Waals surface area contributed by atoms with Crippen LogP contribution < -0.4 is 9.47 Å². The Labute approximate surface area is 221 Å². The lowest BCUT2D eigenvalue weighted by Crippen LogP contribution is -2.33. The van der Waals surface area contributed by atoms with Crippen molar-refractivity contribution in [2.24, 2.45) is 0 Å². The molecule has 0 aliphatic carbocycles. The zero-order chi connectivity index (χ0) is 27.3. The number of carboxylic acids is 1. The number of hydrogen-bond acceptors (Lipinski definition) is 7. The average molecular weight is 536 g/mol. The molecule has 0 aliphatic heterocycles. The first kappa shape index (κ1) is 27.0. The monoisotopic (exact) mass is 535 g/mol. The highest BCUT2D eigenvalue weighted by atomic mass is 32.2. The first-order valence-corrected chi connectivity index (χ1v) is 13.9. The predicted octanol–water partition coefficient (Wildman–Crippen LogP) is 5.19. The Hall–Kier alpha value is -4.08. The summed E-state index contributed by atoms with van der Waals surface area (Å²) in [5, 5.41) is 20.5. The van der Waals surface area contributed by atoms with Crippen LogP contribution in [-0.4, -0.2) is 62.0 Å². The van der Waals surface area contributed by atoms with Gasteiger partial charge in [-0.3, -0.25) is 9.69 Å². The summed E-state index contributed by atoms with van der Waals surface area (Å²) in [4.78, 5) is 12.9. The van der Waals surface area contributed by atoms with Crippen LogP contribution in [0.2, 0.25) is 0 Å². The fourth-order valence-electron chi connectivity index (χ4n) is 4.06. The van der Waals surface area contributed by atoms with E-state index in [1.165, 1.54) is 6.26 Å². The highest BCUT2D eigenvalue weighted by Crippen LogP contribution is 2.41. The van der Waals surface area contributed by atoms with Crippen LogP contribution in [0.1, 0.15) is 6.92 Å². The number of hydrogen-bond donors (Lipinski definition) is 2. The summed E-state index contributed by atoms with van der Waals surface area (Å²) in [7, 11) is -3.32. The van der Waals surface area contributed by atoms with E-state index in [-0.39, 0.29) is 17.2 Å². The molecule has 2 N–H and O–H groups in total. The zero-order valence-corrected chi connectivity index (χ0v) is 21.9. The number of benzene rings is 4. The van der Waals surface area contributed by atoms with E-state index in [0.717, 1.165) is 21.9 Å². The highest BCUT2D eigenvalue weighted by Gasteiger charge is 2.15. The van der Waals surface area contributed by atoms with Gasteiger partial charge in [0, 0.05) is 23.8 Å². The smallest absolute Gasteiger partial charge is 0.317 e. The molecule has 0 unspecified atom stereocenters. The molecule has 0 amide bonds. The number of rotatable bonds is 11. The van der Waals surface area contributed by atoms with Crippen molar-refractivity contribution in [3.05, 3.63) is 78.9 Å². The lowest BCUT2D eigenvalue weighted by molar-refractivity contribution is -0.138. The third kappa shape index (κ3) is 6.62. The minimum atomic E-state index is -3.32. The number of fused-ring (bicyclic) bond motifs is 1. The molecule has 8 nitrogen and oxygen atoms in total. The van der Waals surface area contributed by atoms with Crippen molar-refractivity contribution in [2.75, 3.05) is 32.5 Å². The van der Waals surface area contributed by atoms with Crippen LogP contribution in [0.15, 0.2) is 83.8 Å². The second-order valence-corrected chi connectivity index (χ2v) is 10.8. The second kappa shape index (κ2) is 11.5. The van der Waals surface area contributed by atoms with Crippen molar-refractivity contribution >= 4 is 26.6 Å². The minimum Gasteiger partial charge on any atom is -0.508 e. The number of carboxylic acid groups (broad SMARTS) is 1. The topological polar surface area (TPSA) is 113 Å². The largest absolute Gasteiger partial charge is 0.508 e. The summed E-state index contributed by atoms with van der Waals surface area (Å²) in [6, 6.07) is 22.5. The standard InChI is InChI=1S/C29H29NO7S/c1-3-30(19-28(32)33)16-17-36-23-8-10-24(11-9-23)37-29-26(14-6-21-18-22(31)7-15-27(21)29)20-4-12-25(13-5-20)38(2,34)35/h4-15,18,31H,3,16-17,19H2,1-2H3,(H,32,33). The van der Waals surface area contributed by atoms with Gasteiger partial charge in [0.05, 0.1) is 11.4 Å². The van der Waals surface area contributed by atoms with Crippen LogP contribution in [0, 0.1) is 0 Å². The molecule has 0 aliphatic rings. The molecule has 9 heteroatoms. The SMILES string of the molecule is CCN(CCOc1ccc(Oc2c(-c3ccc(S(C)(=O)=O)cc3)ccc3cc(O)ccc23)cc1)CC(=O)O. The Morgan fingerprint density at radius 2 is 1.61 bits per heavy atom. The molecule has 0 aromatic heterocycles. The van der Waals surface area contributed by atoms with Crippen molar-refractivity contribution < 1.29 is 32.9 Å². The first-order valence-electron chi connectivity index (χ1n) is 12.0. The molecule has 0 atom stereocenters. The lowest BCUT2D eigenvalue weighted by Gasteiger charge is -2.18. The predicted molar refractivity (Wildman–Crippen MR) is 146 cm³/mol. The molecule has 0 spiro atoms. The first-order chi connectivity index (χ1) is 18.1. The quantitative estimate of drug-likeness (QED) is 0.270. The summed E-state index contributed by atoms with van der Waals surface area (Å²) < 4.78 is 35.9. The number of sulfone groups is 1. The Morgan fingerprint density at radius 1 is 0.921 bits per heavy atom. The van der Waals surface area contributed by atoms with Crippen LogP contribution in [0.3, 0.4) is 0 Å². The summed E-state index contributed by atoms with van der Waals surface area (Å²) >= 11 is 0. The van der Waals surface area contributed by atoms with E-state index in [9.17, 15) is 18.3 Å². The van der Waals surface area contributed by atoms with Crippen molar-refractivity contribution in [3.63, 3.8) is 0 Å². The van der Waals surface area contributed by atoms with Crippen molar-refractivity contribution in [2.45, 2.75) is 11.8 Å². The number of likely N-dealkylation sites (N-methyl/N-ethyl adjacent to an activating group) is 1. The number of aliphatic carboxylic acids is 1. The number of aromatic hydroxyl groups is 1. The number of phenolic OH excluding ortho intramolecular Hbond substituents is 1. The van der Waals surface area contributed by atoms with E-state index < -0.39 is 15.8 Å². The second-order valence-electron chi connectivity index (χ2n) is 8.83. The van der Waals surface area contributed by atoms with Crippen LogP contribution >= 0.6 is 0 Å². The van der Waals surface area contributed by atoms with Crippen molar-refractivity contribution in [1.82, 2.24) is 4.90 Å². The normalized spacial score (nSPS) is 11.6. The fourth-order valence-corrected chi connectivity index (χ4v) is 4.69. The molecule has 0 saturated heterocycles. The molecule has 0 bridgehead atoms. The third-order valence-corrected chi connectivity index (χ3v) is 7.20. The molecule has 0 fully saturated rings. The van der Waals surface area contributed by atoms with Gasteiger partial charge in [-0.2, -0.15) is 0 Å². The maximum atomic E-state index is 11.9. The molecule has 4 rings (SSSR count). The Kier molecular flexibility index (Phi) is 8.19. The van der Waals surface area contributed by atoms with Gasteiger partial charge in [-0.15, -0.1) is 0 Å². The molecule has 38 heavy (non-hydrogen) atoms. The fraction of sp³-hybridized carbons (Fsp3) is 0.207. The van der Waals surface area contributed by atoms with Gasteiger partial charge in [0.1, 0.15) is 29.6 Å². The zero-order valence-electron chi connectivity index (χ0n) is 21.1. The molecule has 0 heterocycles. The molecule has 0 saturated carbocycles. The average Bonchev–Trinajstić information content (AvgIpc) is 2.88. The Balaban J connectivity index is 1.58. The summed E-state index contributed by atoms with van der Waals surface area (Å²) in [5.41, 5.74) is 1.55. The van der Waals surface area contributed by atoms with Gasteiger partial charge in [0.2, 0.25) is 0 Å². The maximum Gasteiger partial charge on any atom is 0.317 e. The van der Waals surface area contributed by atoms with Gasteiger partial charge in [0.15, 0.2) is 9.84 Å². The van der Waals surface area contributed by atoms with E-state index in [1.54, 1.807) is 71.6 Å². The van der Waals surface area contributed by atoms with E-state index >= 15 is 0 Å². The number of nitrogens with zero attached hydrogens (tertiary/aromatic N) is 1. The summed E-state index contributed by atoms with van der Waals surface area (Å²) in [5.74, 6) is 1.02. The van der Waals surface area contributed by atoms with Gasteiger partial charge in [-0.05, 0) is 78.2 Å². The van der Waals surface area contributed by atoms with E-state index in [4.69, 9.17) is 14.6 Å². The minimum absolute atomic E-state index is 0.0330. The molecular formula is C29H29NO7S. The number of carbonyl (C=O) groups is 1. The van der Waals surface area contributed by atoms with Crippen molar-refractivity contribution in [1.29, 1.82) is 0 Å². The molecular weight excluding hydrogens is 506 g/mol. The van der Waals surface area contributed by atoms with E-state index in [2.05, 4.69) is 0 Å². The molecule has 4 aromatic rings. The summed E-state index contributed by atoms with van der Waals surface area (Å²) in [6.07, 6.45) is 1.17. The Bertz CT molecular complexity index is 1530. The van der Waals surface area contributed by atoms with Crippen LogP contribution in [-0.2, 0) is 14.6 Å². The van der Waals surface area contributed by atoms with Gasteiger partial charge in [0.25, 0.3) is 0 Å².